The van der Waals surface area contributed by atoms with E-state index in [2.05, 4.69) is 0 Å². The van der Waals surface area contributed by atoms with Crippen molar-refractivity contribution in [2.45, 2.75) is 24.9 Å². The van der Waals surface area contributed by atoms with E-state index in [1.165, 1.54) is 6.07 Å². The molecule has 8 nitrogen and oxygen atoms in total. The molecule has 1 amide bonds. The summed E-state index contributed by atoms with van der Waals surface area (Å²) in [5.41, 5.74) is 2.42. The fourth-order valence-corrected chi connectivity index (χ4v) is 4.56. The maximum absolute atomic E-state index is 13.1. The van der Waals surface area contributed by atoms with Gasteiger partial charge in [-0.05, 0) is 30.4 Å². The van der Waals surface area contributed by atoms with Crippen LogP contribution in [0.1, 0.15) is 24.0 Å². The monoisotopic (exact) mass is 407 g/mol. The first-order valence-corrected chi connectivity index (χ1v) is 8.46. The summed E-state index contributed by atoms with van der Waals surface area (Å²) in [6, 6.07) is 4.69. The highest BCUT2D eigenvalue weighted by molar-refractivity contribution is 6.22. The summed E-state index contributed by atoms with van der Waals surface area (Å²) in [6.45, 7) is 0. The number of phenolic OH excluding ortho intramolecular Hbond substituents is 1. The number of hydrogen-bond donors (Lipinski definition) is 5. The number of benzene rings is 1. The van der Waals surface area contributed by atoms with E-state index in [1.807, 2.05) is 0 Å². The first kappa shape index (κ1) is 19.9. The van der Waals surface area contributed by atoms with Crippen LogP contribution in [0.5, 0.6) is 5.75 Å². The van der Waals surface area contributed by atoms with E-state index >= 15 is 0 Å². The molecule has 148 valence electrons. The summed E-state index contributed by atoms with van der Waals surface area (Å²) >= 11 is 0. The Morgan fingerprint density at radius 3 is 2.46 bits per heavy atom. The number of amides is 1. The molecule has 28 heavy (non-hydrogen) atoms. The van der Waals surface area contributed by atoms with Gasteiger partial charge in [-0.3, -0.25) is 14.4 Å². The van der Waals surface area contributed by atoms with Gasteiger partial charge in [-0.15, -0.1) is 12.4 Å². The minimum absolute atomic E-state index is 0. The van der Waals surface area contributed by atoms with Crippen molar-refractivity contribution >= 4 is 35.6 Å². The first-order valence-electron chi connectivity index (χ1n) is 8.46. The summed E-state index contributed by atoms with van der Waals surface area (Å²) < 4.78 is 0. The lowest BCUT2D eigenvalue weighted by Gasteiger charge is -2.46. The molecule has 1 aromatic carbocycles. The lowest BCUT2D eigenvalue weighted by Crippen LogP contribution is -2.58. The number of hydrogen-bond acceptors (Lipinski definition) is 7. The van der Waals surface area contributed by atoms with Crippen LogP contribution in [0.4, 0.5) is 0 Å². The summed E-state index contributed by atoms with van der Waals surface area (Å²) in [6.07, 6.45) is 0.142. The molecule has 0 bridgehead atoms. The molecule has 0 aromatic heterocycles. The number of ketones is 2. The number of rotatable bonds is 1. The number of nitrogens with two attached hydrogens (primary N) is 1. The predicted molar refractivity (Wildman–Crippen MR) is 98.6 cm³/mol. The molecule has 0 aliphatic heterocycles. The van der Waals surface area contributed by atoms with Gasteiger partial charge in [0.15, 0.2) is 11.4 Å². The van der Waals surface area contributed by atoms with Gasteiger partial charge in [-0.25, -0.2) is 0 Å². The molecule has 6 N–H and O–H groups in total. The quantitative estimate of drug-likeness (QED) is 0.431. The Hall–Kier alpha value is -2.84. The molecule has 0 heterocycles. The number of carbonyl (C=O) groups excluding carboxylic acids is 3. The van der Waals surface area contributed by atoms with Gasteiger partial charge in [-0.2, -0.15) is 0 Å². The van der Waals surface area contributed by atoms with Crippen molar-refractivity contribution in [1.82, 2.24) is 0 Å². The van der Waals surface area contributed by atoms with E-state index in [4.69, 9.17) is 5.73 Å². The Bertz CT molecular complexity index is 996. The van der Waals surface area contributed by atoms with E-state index < -0.39 is 52.0 Å². The number of aliphatic hydroxyl groups excluding tert-OH is 2. The van der Waals surface area contributed by atoms with Crippen LogP contribution in [0.25, 0.3) is 5.76 Å². The van der Waals surface area contributed by atoms with Crippen molar-refractivity contribution in [3.63, 3.8) is 0 Å². The predicted octanol–water partition coefficient (Wildman–Crippen LogP) is 0.846. The maximum Gasteiger partial charge on any atom is 0.255 e. The number of primary amides is 1. The number of Topliss-reactive ketones (excluding diaryl/α,β-unsaturated/α-hetero) is 2. The zero-order valence-electron chi connectivity index (χ0n) is 14.5. The third kappa shape index (κ3) is 2.38. The average molecular weight is 408 g/mol. The Kier molecular flexibility index (Phi) is 4.52. The smallest absolute Gasteiger partial charge is 0.255 e. The van der Waals surface area contributed by atoms with Gasteiger partial charge in [0.25, 0.3) is 5.91 Å². The second kappa shape index (κ2) is 6.35. The molecule has 3 aliphatic rings. The van der Waals surface area contributed by atoms with Gasteiger partial charge in [0.2, 0.25) is 5.78 Å². The van der Waals surface area contributed by atoms with Gasteiger partial charge < -0.3 is 26.2 Å². The van der Waals surface area contributed by atoms with E-state index in [0.29, 0.717) is 12.0 Å². The maximum atomic E-state index is 13.1. The lowest BCUT2D eigenvalue weighted by molar-refractivity contribution is -0.147. The third-order valence-electron chi connectivity index (χ3n) is 5.80. The molecule has 1 aromatic rings. The second-order valence-corrected chi connectivity index (χ2v) is 7.22. The Labute approximate surface area is 165 Å². The van der Waals surface area contributed by atoms with E-state index in [0.717, 1.165) is 0 Å². The zero-order valence-corrected chi connectivity index (χ0v) is 15.3. The molecule has 4 rings (SSSR count). The minimum Gasteiger partial charge on any atom is -0.508 e. The van der Waals surface area contributed by atoms with Crippen molar-refractivity contribution in [3.05, 3.63) is 46.2 Å². The molecule has 0 saturated heterocycles. The normalized spacial score (nSPS) is 28.9. The molecule has 3 unspecified atom stereocenters. The number of fused-ring (bicyclic) bond motifs is 3. The number of carbonyl (C=O) groups is 3. The van der Waals surface area contributed by atoms with Gasteiger partial charge in [-0.1, -0.05) is 12.1 Å². The Morgan fingerprint density at radius 1 is 1.14 bits per heavy atom. The lowest BCUT2D eigenvalue weighted by atomic mass is 9.59. The molecule has 1 fully saturated rings. The highest BCUT2D eigenvalue weighted by atomic mass is 35.5. The van der Waals surface area contributed by atoms with Crippen LogP contribution in [-0.2, 0) is 20.8 Å². The number of aliphatic hydroxyl groups is 3. The summed E-state index contributed by atoms with van der Waals surface area (Å²) in [5.74, 6) is -6.14. The second-order valence-electron chi connectivity index (χ2n) is 7.22. The van der Waals surface area contributed by atoms with Crippen LogP contribution in [0, 0.1) is 11.8 Å². The van der Waals surface area contributed by atoms with Crippen LogP contribution < -0.4 is 5.73 Å². The number of phenols is 1. The van der Waals surface area contributed by atoms with Gasteiger partial charge in [0.05, 0.1) is 5.56 Å². The molecule has 3 aliphatic carbocycles. The Morgan fingerprint density at radius 2 is 1.82 bits per heavy atom. The minimum atomic E-state index is -2.51. The van der Waals surface area contributed by atoms with Crippen molar-refractivity contribution in [3.8, 4) is 5.75 Å². The molecule has 3 atom stereocenters. The van der Waals surface area contributed by atoms with Crippen LogP contribution >= 0.6 is 12.4 Å². The van der Waals surface area contributed by atoms with Crippen LogP contribution in [-0.4, -0.2) is 43.5 Å². The van der Waals surface area contributed by atoms with E-state index in [9.17, 15) is 34.8 Å². The molecule has 0 radical (unpaired) electrons. The summed E-state index contributed by atoms with van der Waals surface area (Å²) in [7, 11) is 0. The van der Waals surface area contributed by atoms with E-state index in [1.54, 1.807) is 12.1 Å². The van der Waals surface area contributed by atoms with Gasteiger partial charge in [0, 0.05) is 17.9 Å². The first-order chi connectivity index (χ1) is 12.7. The SMILES string of the molecule is Cl.NC(=O)C1=C(O)C2(O)C(=O)C3=C(O)c4c(O)cccc4CC3CC2CC1=O. The fraction of sp³-hybridized carbons (Fsp3) is 0.316. The van der Waals surface area contributed by atoms with Gasteiger partial charge >= 0.3 is 0 Å². The zero-order chi connectivity index (χ0) is 19.7. The average Bonchev–Trinajstić information content (AvgIpc) is 2.57. The van der Waals surface area contributed by atoms with Crippen LogP contribution in [0.3, 0.4) is 0 Å². The molecular weight excluding hydrogens is 390 g/mol. The molecule has 0 spiro atoms. The van der Waals surface area contributed by atoms with Crippen LogP contribution in [0.15, 0.2) is 35.1 Å². The standard InChI is InChI=1S/C19H17NO7.ClH/c20-18(26)14-11(22)6-9-5-8-4-7-2-1-3-10(21)12(7)15(23)13(8)16(24)19(9,27)17(14)25;/h1-3,8-9,21,23,25,27H,4-6H2,(H2,20,26);1H. The van der Waals surface area contributed by atoms with Gasteiger partial charge in [0.1, 0.15) is 22.8 Å². The Balaban J connectivity index is 0.00000225. The number of halogens is 1. The summed E-state index contributed by atoms with van der Waals surface area (Å²) in [5, 5.41) is 42.1. The molecular formula is C19H18ClNO7. The molecule has 9 heteroatoms. The largest absolute Gasteiger partial charge is 0.508 e. The highest BCUT2D eigenvalue weighted by Crippen LogP contribution is 2.51. The summed E-state index contributed by atoms with van der Waals surface area (Å²) in [4.78, 5) is 36.8. The highest BCUT2D eigenvalue weighted by Gasteiger charge is 2.60. The third-order valence-corrected chi connectivity index (χ3v) is 5.80. The molecule has 1 saturated carbocycles. The number of aromatic hydroxyl groups is 1. The van der Waals surface area contributed by atoms with Crippen molar-refractivity contribution in [1.29, 1.82) is 0 Å². The van der Waals surface area contributed by atoms with Crippen molar-refractivity contribution in [2.24, 2.45) is 17.6 Å². The van der Waals surface area contributed by atoms with Crippen LogP contribution in [0.2, 0.25) is 0 Å². The fourth-order valence-electron chi connectivity index (χ4n) is 4.56. The van der Waals surface area contributed by atoms with Crippen molar-refractivity contribution in [2.75, 3.05) is 0 Å². The topological polar surface area (TPSA) is 158 Å². The van der Waals surface area contributed by atoms with E-state index in [-0.39, 0.29) is 42.1 Å². The van der Waals surface area contributed by atoms with Crippen molar-refractivity contribution < 1.29 is 34.8 Å².